The van der Waals surface area contributed by atoms with Crippen molar-refractivity contribution in [2.75, 3.05) is 21.3 Å². The number of hydrogen-bond donors (Lipinski definition) is 1. The van der Waals surface area contributed by atoms with Crippen molar-refractivity contribution in [2.45, 2.75) is 44.6 Å². The molecule has 1 fully saturated rings. The summed E-state index contributed by atoms with van der Waals surface area (Å²) >= 11 is 3.52. The predicted octanol–water partition coefficient (Wildman–Crippen LogP) is 4.70. The van der Waals surface area contributed by atoms with Gasteiger partial charge >= 0.3 is 0 Å². The Labute approximate surface area is 136 Å². The Morgan fingerprint density at radius 2 is 1.86 bits per heavy atom. The summed E-state index contributed by atoms with van der Waals surface area (Å²) in [5, 5.41) is 3.44. The van der Waals surface area contributed by atoms with Gasteiger partial charge in [0.25, 0.3) is 0 Å². The molecule has 118 valence electrons. The summed E-state index contributed by atoms with van der Waals surface area (Å²) in [7, 11) is 5.44. The maximum absolute atomic E-state index is 5.55. The molecule has 0 radical (unpaired) electrons. The van der Waals surface area contributed by atoms with E-state index in [0.29, 0.717) is 6.04 Å². The lowest BCUT2D eigenvalue weighted by Crippen LogP contribution is -2.18. The van der Waals surface area contributed by atoms with Crippen LogP contribution in [-0.4, -0.2) is 21.3 Å². The SMILES string of the molecule is CNC(CCC1CCCC1)c1cc(OC)c(Br)cc1OC. The molecule has 1 aliphatic carbocycles. The highest BCUT2D eigenvalue weighted by molar-refractivity contribution is 9.10. The first kappa shape index (κ1) is 16.6. The molecule has 0 saturated heterocycles. The molecule has 1 saturated carbocycles. The lowest BCUT2D eigenvalue weighted by atomic mass is 9.94. The van der Waals surface area contributed by atoms with E-state index in [1.165, 1.54) is 37.7 Å². The predicted molar refractivity (Wildman–Crippen MR) is 90.2 cm³/mol. The molecule has 0 bridgehead atoms. The first-order valence-electron chi connectivity index (χ1n) is 7.78. The Morgan fingerprint density at radius 3 is 2.43 bits per heavy atom. The van der Waals surface area contributed by atoms with Gasteiger partial charge in [-0.05, 0) is 53.9 Å². The minimum Gasteiger partial charge on any atom is -0.496 e. The molecule has 1 unspecified atom stereocenters. The molecular formula is C17H26BrNO2. The molecule has 0 aromatic heterocycles. The van der Waals surface area contributed by atoms with E-state index in [1.54, 1.807) is 14.2 Å². The molecular weight excluding hydrogens is 330 g/mol. The summed E-state index contributed by atoms with van der Waals surface area (Å²) in [5.74, 6) is 2.67. The quantitative estimate of drug-likeness (QED) is 0.768. The zero-order valence-electron chi connectivity index (χ0n) is 13.2. The van der Waals surface area contributed by atoms with Crippen LogP contribution in [0, 0.1) is 5.92 Å². The van der Waals surface area contributed by atoms with E-state index in [1.807, 2.05) is 13.1 Å². The Balaban J connectivity index is 2.15. The van der Waals surface area contributed by atoms with Gasteiger partial charge in [-0.1, -0.05) is 25.7 Å². The summed E-state index contributed by atoms with van der Waals surface area (Å²) in [5.41, 5.74) is 1.18. The van der Waals surface area contributed by atoms with Crippen LogP contribution in [0.25, 0.3) is 0 Å². The van der Waals surface area contributed by atoms with Crippen molar-refractivity contribution in [3.63, 3.8) is 0 Å². The summed E-state index contributed by atoms with van der Waals surface area (Å²) in [4.78, 5) is 0. The fraction of sp³-hybridized carbons (Fsp3) is 0.647. The van der Waals surface area contributed by atoms with E-state index in [4.69, 9.17) is 9.47 Å². The first-order chi connectivity index (χ1) is 10.2. The van der Waals surface area contributed by atoms with Gasteiger partial charge in [0.15, 0.2) is 0 Å². The van der Waals surface area contributed by atoms with Crippen molar-refractivity contribution in [2.24, 2.45) is 5.92 Å². The van der Waals surface area contributed by atoms with Crippen LogP contribution in [0.4, 0.5) is 0 Å². The Bertz CT molecular complexity index is 458. The van der Waals surface area contributed by atoms with Gasteiger partial charge in [0.1, 0.15) is 11.5 Å². The van der Waals surface area contributed by atoms with E-state index >= 15 is 0 Å². The molecule has 0 amide bonds. The lowest BCUT2D eigenvalue weighted by molar-refractivity contribution is 0.378. The van der Waals surface area contributed by atoms with Gasteiger partial charge in [0.05, 0.1) is 18.7 Å². The molecule has 0 spiro atoms. The van der Waals surface area contributed by atoms with Crippen molar-refractivity contribution in [3.8, 4) is 11.5 Å². The number of rotatable bonds is 7. The third-order valence-electron chi connectivity index (χ3n) is 4.57. The van der Waals surface area contributed by atoms with Crippen LogP contribution >= 0.6 is 15.9 Å². The summed E-state index contributed by atoms with van der Waals surface area (Å²) < 4.78 is 11.9. The third kappa shape index (κ3) is 4.13. The monoisotopic (exact) mass is 355 g/mol. The molecule has 1 aromatic rings. The zero-order valence-corrected chi connectivity index (χ0v) is 14.8. The van der Waals surface area contributed by atoms with Gasteiger partial charge < -0.3 is 14.8 Å². The van der Waals surface area contributed by atoms with Gasteiger partial charge in [-0.25, -0.2) is 0 Å². The van der Waals surface area contributed by atoms with E-state index in [-0.39, 0.29) is 0 Å². The normalized spacial score (nSPS) is 17.0. The second-order valence-corrected chi connectivity index (χ2v) is 6.65. The van der Waals surface area contributed by atoms with Crippen molar-refractivity contribution >= 4 is 15.9 Å². The van der Waals surface area contributed by atoms with Crippen molar-refractivity contribution < 1.29 is 9.47 Å². The fourth-order valence-electron chi connectivity index (χ4n) is 3.31. The van der Waals surface area contributed by atoms with Crippen LogP contribution in [0.5, 0.6) is 11.5 Å². The van der Waals surface area contributed by atoms with Gasteiger partial charge in [-0.15, -0.1) is 0 Å². The second-order valence-electron chi connectivity index (χ2n) is 5.80. The van der Waals surface area contributed by atoms with E-state index in [2.05, 4.69) is 27.3 Å². The Hall–Kier alpha value is -0.740. The summed E-state index contributed by atoms with van der Waals surface area (Å²) in [6, 6.07) is 4.38. The lowest BCUT2D eigenvalue weighted by Gasteiger charge is -2.22. The molecule has 0 heterocycles. The van der Waals surface area contributed by atoms with Crippen molar-refractivity contribution in [1.29, 1.82) is 0 Å². The number of hydrogen-bond acceptors (Lipinski definition) is 3. The number of benzene rings is 1. The molecule has 1 atom stereocenters. The molecule has 21 heavy (non-hydrogen) atoms. The van der Waals surface area contributed by atoms with Crippen LogP contribution in [-0.2, 0) is 0 Å². The second kappa shape index (κ2) is 8.04. The van der Waals surface area contributed by atoms with Crippen LogP contribution in [0.1, 0.15) is 50.1 Å². The average molecular weight is 356 g/mol. The average Bonchev–Trinajstić information content (AvgIpc) is 3.01. The summed E-state index contributed by atoms with van der Waals surface area (Å²) in [6.07, 6.45) is 8.04. The van der Waals surface area contributed by atoms with Crippen LogP contribution < -0.4 is 14.8 Å². The molecule has 4 heteroatoms. The maximum Gasteiger partial charge on any atom is 0.133 e. The van der Waals surface area contributed by atoms with Crippen molar-refractivity contribution in [3.05, 3.63) is 22.2 Å². The van der Waals surface area contributed by atoms with E-state index in [9.17, 15) is 0 Å². The van der Waals surface area contributed by atoms with Gasteiger partial charge in [-0.2, -0.15) is 0 Å². The minimum atomic E-state index is 0.308. The molecule has 0 aliphatic heterocycles. The Kier molecular flexibility index (Phi) is 6.37. The van der Waals surface area contributed by atoms with E-state index in [0.717, 1.165) is 28.3 Å². The third-order valence-corrected chi connectivity index (χ3v) is 5.19. The number of nitrogens with one attached hydrogen (secondary N) is 1. The standard InChI is InChI=1S/C17H26BrNO2/c1-19-15(9-8-12-6-4-5-7-12)13-10-17(21-3)14(18)11-16(13)20-2/h10-12,15,19H,4-9H2,1-3H3. The number of methoxy groups -OCH3 is 2. The highest BCUT2D eigenvalue weighted by atomic mass is 79.9. The largest absolute Gasteiger partial charge is 0.496 e. The van der Waals surface area contributed by atoms with Crippen LogP contribution in [0.3, 0.4) is 0 Å². The topological polar surface area (TPSA) is 30.5 Å². The maximum atomic E-state index is 5.55. The van der Waals surface area contributed by atoms with Crippen LogP contribution in [0.15, 0.2) is 16.6 Å². The number of ether oxygens (including phenoxy) is 2. The van der Waals surface area contributed by atoms with Gasteiger partial charge in [0, 0.05) is 11.6 Å². The molecule has 1 aromatic carbocycles. The number of halogens is 1. The minimum absolute atomic E-state index is 0.308. The molecule has 1 N–H and O–H groups in total. The molecule has 3 nitrogen and oxygen atoms in total. The highest BCUT2D eigenvalue weighted by Gasteiger charge is 2.21. The summed E-state index contributed by atoms with van der Waals surface area (Å²) in [6.45, 7) is 0. The molecule has 2 rings (SSSR count). The zero-order chi connectivity index (χ0) is 15.2. The van der Waals surface area contributed by atoms with E-state index < -0.39 is 0 Å². The molecule has 1 aliphatic rings. The van der Waals surface area contributed by atoms with Crippen molar-refractivity contribution in [1.82, 2.24) is 5.32 Å². The van der Waals surface area contributed by atoms with Gasteiger partial charge in [0.2, 0.25) is 0 Å². The highest BCUT2D eigenvalue weighted by Crippen LogP contribution is 2.38. The first-order valence-corrected chi connectivity index (χ1v) is 8.57. The van der Waals surface area contributed by atoms with Crippen LogP contribution in [0.2, 0.25) is 0 Å². The van der Waals surface area contributed by atoms with Gasteiger partial charge in [-0.3, -0.25) is 0 Å². The Morgan fingerprint density at radius 1 is 1.19 bits per heavy atom. The fourth-order valence-corrected chi connectivity index (χ4v) is 3.80. The smallest absolute Gasteiger partial charge is 0.133 e.